The average Bonchev–Trinajstić information content (AvgIpc) is 2.87. The second kappa shape index (κ2) is 7.61. The Hall–Kier alpha value is -1.15. The van der Waals surface area contributed by atoms with Crippen LogP contribution in [0.3, 0.4) is 0 Å². The minimum absolute atomic E-state index is 0.0358. The van der Waals surface area contributed by atoms with Gasteiger partial charge in [0.15, 0.2) is 0 Å². The molecule has 6 nitrogen and oxygen atoms in total. The zero-order valence-corrected chi connectivity index (χ0v) is 14.7. The fourth-order valence-electron chi connectivity index (χ4n) is 2.39. The number of nitrogens with zero attached hydrogens (tertiary/aromatic N) is 1. The molecule has 1 saturated heterocycles. The van der Waals surface area contributed by atoms with Gasteiger partial charge < -0.3 is 10.1 Å². The number of hydrogen-bond donors (Lipinski definition) is 1. The van der Waals surface area contributed by atoms with E-state index in [0.717, 1.165) is 5.56 Å². The van der Waals surface area contributed by atoms with E-state index in [1.54, 1.807) is 24.3 Å². The van der Waals surface area contributed by atoms with Gasteiger partial charge in [0.05, 0.1) is 31.4 Å². The summed E-state index contributed by atoms with van der Waals surface area (Å²) < 4.78 is 30.5. The van der Waals surface area contributed by atoms with Gasteiger partial charge in [0, 0.05) is 25.0 Å². The van der Waals surface area contributed by atoms with Gasteiger partial charge in [-0.15, -0.1) is 0 Å². The number of halogens is 1. The average molecular weight is 361 g/mol. The van der Waals surface area contributed by atoms with Gasteiger partial charge in [-0.25, -0.2) is 12.7 Å². The number of amides is 1. The van der Waals surface area contributed by atoms with E-state index in [1.807, 2.05) is 0 Å². The summed E-state index contributed by atoms with van der Waals surface area (Å²) in [7, 11) is -0.328. The van der Waals surface area contributed by atoms with Crippen molar-refractivity contribution in [2.45, 2.75) is 12.5 Å². The second-order valence-corrected chi connectivity index (χ2v) is 8.50. The van der Waals surface area contributed by atoms with Crippen molar-refractivity contribution >= 4 is 27.5 Å². The third-order valence-corrected chi connectivity index (χ3v) is 6.02. The summed E-state index contributed by atoms with van der Waals surface area (Å²) in [5, 5.41) is 3.49. The third kappa shape index (κ3) is 5.17. The van der Waals surface area contributed by atoms with Gasteiger partial charge in [0.25, 0.3) is 0 Å². The fourth-order valence-corrected chi connectivity index (χ4v) is 3.68. The number of carbonyl (C=O) groups is 1. The first-order valence-electron chi connectivity index (χ1n) is 7.29. The molecule has 0 bridgehead atoms. The molecule has 1 aromatic rings. The standard InChI is InChI=1S/C15H21ClN2O4S/c1-18(2)23(20,21)10-12-8-22-9-14(12)17-15(19)7-11-3-5-13(16)6-4-11/h3-6,12,14H,7-10H2,1-2H3,(H,17,19). The van der Waals surface area contributed by atoms with Crippen molar-refractivity contribution in [1.82, 2.24) is 9.62 Å². The summed E-state index contributed by atoms with van der Waals surface area (Å²) >= 11 is 5.81. The number of benzene rings is 1. The van der Waals surface area contributed by atoms with Crippen LogP contribution in [0.25, 0.3) is 0 Å². The number of rotatable bonds is 6. The van der Waals surface area contributed by atoms with E-state index in [9.17, 15) is 13.2 Å². The molecule has 1 aliphatic heterocycles. The van der Waals surface area contributed by atoms with E-state index in [4.69, 9.17) is 16.3 Å². The quantitative estimate of drug-likeness (QED) is 0.818. The van der Waals surface area contributed by atoms with E-state index in [0.29, 0.717) is 18.2 Å². The highest BCUT2D eigenvalue weighted by Gasteiger charge is 2.34. The van der Waals surface area contributed by atoms with Crippen molar-refractivity contribution in [1.29, 1.82) is 0 Å². The van der Waals surface area contributed by atoms with Crippen LogP contribution < -0.4 is 5.32 Å². The van der Waals surface area contributed by atoms with E-state index in [-0.39, 0.29) is 30.0 Å². The Bertz CT molecular complexity index is 646. The predicted octanol–water partition coefficient (Wildman–Crippen LogP) is 0.905. The maximum atomic E-state index is 12.1. The molecule has 23 heavy (non-hydrogen) atoms. The molecule has 2 atom stereocenters. The monoisotopic (exact) mass is 360 g/mol. The van der Waals surface area contributed by atoms with Crippen LogP contribution >= 0.6 is 11.6 Å². The van der Waals surface area contributed by atoms with Gasteiger partial charge in [-0.05, 0) is 17.7 Å². The highest BCUT2D eigenvalue weighted by Crippen LogP contribution is 2.17. The lowest BCUT2D eigenvalue weighted by Crippen LogP contribution is -2.44. The fraction of sp³-hybridized carbons (Fsp3) is 0.533. The number of sulfonamides is 1. The Balaban J connectivity index is 1.93. The summed E-state index contributed by atoms with van der Waals surface area (Å²) in [6.45, 7) is 0.666. The summed E-state index contributed by atoms with van der Waals surface area (Å²) in [6.07, 6.45) is 0.223. The molecule has 0 aromatic heterocycles. The van der Waals surface area contributed by atoms with Crippen LogP contribution in [-0.4, -0.2) is 57.7 Å². The summed E-state index contributed by atoms with van der Waals surface area (Å²) in [5.74, 6) is -0.432. The smallest absolute Gasteiger partial charge is 0.224 e. The molecule has 0 spiro atoms. The Kier molecular flexibility index (Phi) is 6.02. The van der Waals surface area contributed by atoms with Crippen molar-refractivity contribution in [2.75, 3.05) is 33.1 Å². The van der Waals surface area contributed by atoms with Crippen LogP contribution in [0, 0.1) is 5.92 Å². The van der Waals surface area contributed by atoms with Crippen molar-refractivity contribution in [3.05, 3.63) is 34.9 Å². The lowest BCUT2D eigenvalue weighted by Gasteiger charge is -2.21. The topological polar surface area (TPSA) is 75.7 Å². The van der Waals surface area contributed by atoms with Gasteiger partial charge in [0.2, 0.25) is 15.9 Å². The summed E-state index contributed by atoms with van der Waals surface area (Å²) in [5.41, 5.74) is 0.850. The predicted molar refractivity (Wildman–Crippen MR) is 88.9 cm³/mol. The zero-order chi connectivity index (χ0) is 17.0. The zero-order valence-electron chi connectivity index (χ0n) is 13.2. The SMILES string of the molecule is CN(C)S(=O)(=O)CC1COCC1NC(=O)Cc1ccc(Cl)cc1. The Morgan fingerprint density at radius 1 is 1.30 bits per heavy atom. The third-order valence-electron chi connectivity index (χ3n) is 3.80. The molecule has 1 amide bonds. The molecule has 1 fully saturated rings. The van der Waals surface area contributed by atoms with Gasteiger partial charge in [-0.2, -0.15) is 0 Å². The molecule has 128 valence electrons. The van der Waals surface area contributed by atoms with Crippen LogP contribution in [0.2, 0.25) is 5.02 Å². The Morgan fingerprint density at radius 3 is 2.57 bits per heavy atom. The first-order chi connectivity index (χ1) is 10.8. The maximum Gasteiger partial charge on any atom is 0.224 e. The molecule has 1 aromatic carbocycles. The van der Waals surface area contributed by atoms with Crippen LogP contribution in [0.15, 0.2) is 24.3 Å². The van der Waals surface area contributed by atoms with Gasteiger partial charge in [-0.1, -0.05) is 23.7 Å². The second-order valence-electron chi connectivity index (χ2n) is 5.84. The summed E-state index contributed by atoms with van der Waals surface area (Å²) in [4.78, 5) is 12.1. The van der Waals surface area contributed by atoms with Crippen molar-refractivity contribution < 1.29 is 17.9 Å². The minimum Gasteiger partial charge on any atom is -0.379 e. The largest absolute Gasteiger partial charge is 0.379 e. The molecule has 0 saturated carbocycles. The molecule has 8 heteroatoms. The van der Waals surface area contributed by atoms with E-state index in [2.05, 4.69) is 5.32 Å². The molecular weight excluding hydrogens is 340 g/mol. The first-order valence-corrected chi connectivity index (χ1v) is 9.28. The number of carbonyl (C=O) groups excluding carboxylic acids is 1. The van der Waals surface area contributed by atoms with E-state index < -0.39 is 10.0 Å². The molecule has 0 aliphatic carbocycles. The minimum atomic E-state index is -3.33. The van der Waals surface area contributed by atoms with E-state index >= 15 is 0 Å². The molecule has 1 N–H and O–H groups in total. The molecule has 0 radical (unpaired) electrons. The van der Waals surface area contributed by atoms with Crippen molar-refractivity contribution in [3.8, 4) is 0 Å². The van der Waals surface area contributed by atoms with Gasteiger partial charge >= 0.3 is 0 Å². The molecule has 1 aliphatic rings. The van der Waals surface area contributed by atoms with Crippen LogP contribution in [-0.2, 0) is 26.0 Å². The number of hydrogen-bond acceptors (Lipinski definition) is 4. The Labute approximate surface area is 141 Å². The molecule has 2 rings (SSSR count). The van der Waals surface area contributed by atoms with Crippen LogP contribution in [0.5, 0.6) is 0 Å². The van der Waals surface area contributed by atoms with E-state index in [1.165, 1.54) is 18.4 Å². The molecule has 1 heterocycles. The normalized spacial score (nSPS) is 21.6. The van der Waals surface area contributed by atoms with Crippen molar-refractivity contribution in [3.63, 3.8) is 0 Å². The highest BCUT2D eigenvalue weighted by molar-refractivity contribution is 7.89. The lowest BCUT2D eigenvalue weighted by atomic mass is 10.1. The molecular formula is C15H21ClN2O4S. The van der Waals surface area contributed by atoms with Crippen LogP contribution in [0.4, 0.5) is 0 Å². The number of nitrogens with one attached hydrogen (secondary N) is 1. The highest BCUT2D eigenvalue weighted by atomic mass is 35.5. The first kappa shape index (κ1) is 18.2. The van der Waals surface area contributed by atoms with Crippen LogP contribution in [0.1, 0.15) is 5.56 Å². The Morgan fingerprint density at radius 2 is 1.96 bits per heavy atom. The maximum absolute atomic E-state index is 12.1. The lowest BCUT2D eigenvalue weighted by molar-refractivity contribution is -0.121. The van der Waals surface area contributed by atoms with Gasteiger partial charge in [-0.3, -0.25) is 4.79 Å². The number of ether oxygens (including phenoxy) is 1. The summed E-state index contributed by atoms with van der Waals surface area (Å²) in [6, 6.07) is 6.76. The molecule has 2 unspecified atom stereocenters. The van der Waals surface area contributed by atoms with Crippen molar-refractivity contribution in [2.24, 2.45) is 5.92 Å². The van der Waals surface area contributed by atoms with Gasteiger partial charge in [0.1, 0.15) is 0 Å².